The molecule has 0 aromatic carbocycles. The quantitative estimate of drug-likeness (QED) is 0.821. The highest BCUT2D eigenvalue weighted by Crippen LogP contribution is 2.37. The third kappa shape index (κ3) is 3.39. The average Bonchev–Trinajstić information content (AvgIpc) is 3.17. The Kier molecular flexibility index (Phi) is 4.93. The molecule has 1 aromatic heterocycles. The van der Waals surface area contributed by atoms with Crippen molar-refractivity contribution in [3.8, 4) is 0 Å². The van der Waals surface area contributed by atoms with Crippen molar-refractivity contribution >= 4 is 17.2 Å². The van der Waals surface area contributed by atoms with Crippen LogP contribution in [0.4, 0.5) is 0 Å². The maximum Gasteiger partial charge on any atom is 0.263 e. The van der Waals surface area contributed by atoms with E-state index in [9.17, 15) is 4.79 Å². The van der Waals surface area contributed by atoms with Crippen molar-refractivity contribution in [3.05, 3.63) is 22.4 Å². The molecule has 3 fully saturated rings. The molecule has 0 saturated carbocycles. The Bertz CT molecular complexity index is 546. The summed E-state index contributed by atoms with van der Waals surface area (Å²) in [6.07, 6.45) is 8.43. The highest BCUT2D eigenvalue weighted by Gasteiger charge is 2.42. The van der Waals surface area contributed by atoms with Crippen molar-refractivity contribution < 1.29 is 9.53 Å². The highest BCUT2D eigenvalue weighted by atomic mass is 32.1. The molecule has 3 aliphatic rings. The normalized spacial score (nSPS) is 28.2. The van der Waals surface area contributed by atoms with Crippen LogP contribution in [0.1, 0.15) is 54.6 Å². The first-order chi connectivity index (χ1) is 11.8. The molecule has 4 heterocycles. The van der Waals surface area contributed by atoms with Crippen molar-refractivity contribution in [1.82, 2.24) is 9.80 Å². The van der Waals surface area contributed by atoms with Crippen LogP contribution in [0.5, 0.6) is 0 Å². The molecule has 1 atom stereocenters. The predicted octanol–water partition coefficient (Wildman–Crippen LogP) is 3.39. The Morgan fingerprint density at radius 3 is 2.67 bits per heavy atom. The predicted molar refractivity (Wildman–Crippen MR) is 96.6 cm³/mol. The SMILES string of the molecule is O=C(c1cccs1)N1CCC2(CC1)CC(N1CCCCC1)CCO2. The van der Waals surface area contributed by atoms with E-state index in [2.05, 4.69) is 4.90 Å². The largest absolute Gasteiger partial charge is 0.375 e. The number of piperidine rings is 2. The van der Waals surface area contributed by atoms with Crippen LogP contribution in [-0.4, -0.2) is 60.1 Å². The fraction of sp³-hybridized carbons (Fsp3) is 0.737. The maximum absolute atomic E-state index is 12.5. The Hall–Kier alpha value is -0.910. The summed E-state index contributed by atoms with van der Waals surface area (Å²) in [5, 5.41) is 1.98. The summed E-state index contributed by atoms with van der Waals surface area (Å²) in [7, 11) is 0. The van der Waals surface area contributed by atoms with Gasteiger partial charge in [-0.25, -0.2) is 0 Å². The minimum atomic E-state index is 0.0204. The average molecular weight is 349 g/mol. The van der Waals surface area contributed by atoms with Gasteiger partial charge in [-0.1, -0.05) is 12.5 Å². The van der Waals surface area contributed by atoms with E-state index in [0.717, 1.165) is 43.8 Å². The summed E-state index contributed by atoms with van der Waals surface area (Å²) >= 11 is 1.54. The van der Waals surface area contributed by atoms with Gasteiger partial charge in [-0.05, 0) is 63.1 Å². The molecule has 3 aliphatic heterocycles. The van der Waals surface area contributed by atoms with E-state index >= 15 is 0 Å². The summed E-state index contributed by atoms with van der Waals surface area (Å²) in [5.41, 5.74) is 0.0204. The topological polar surface area (TPSA) is 32.8 Å². The first-order valence-electron chi connectivity index (χ1n) is 9.47. The minimum Gasteiger partial charge on any atom is -0.375 e. The first kappa shape index (κ1) is 16.6. The van der Waals surface area contributed by atoms with Crippen LogP contribution >= 0.6 is 11.3 Å². The van der Waals surface area contributed by atoms with Crippen LogP contribution in [0.3, 0.4) is 0 Å². The number of nitrogens with zero attached hydrogens (tertiary/aromatic N) is 2. The van der Waals surface area contributed by atoms with Gasteiger partial charge in [0.2, 0.25) is 0 Å². The summed E-state index contributed by atoms with van der Waals surface area (Å²) in [6.45, 7) is 5.10. The monoisotopic (exact) mass is 348 g/mol. The molecule has 1 aromatic rings. The zero-order valence-corrected chi connectivity index (χ0v) is 15.2. The molecule has 3 saturated heterocycles. The molecule has 0 bridgehead atoms. The van der Waals surface area contributed by atoms with E-state index in [-0.39, 0.29) is 11.5 Å². The lowest BCUT2D eigenvalue weighted by molar-refractivity contribution is -0.131. The summed E-state index contributed by atoms with van der Waals surface area (Å²) in [6, 6.07) is 4.58. The molecular weight excluding hydrogens is 320 g/mol. The number of ether oxygens (including phenoxy) is 1. The van der Waals surface area contributed by atoms with Gasteiger partial charge in [-0.15, -0.1) is 11.3 Å². The molecule has 0 aliphatic carbocycles. The van der Waals surface area contributed by atoms with Crippen molar-refractivity contribution in [2.24, 2.45) is 0 Å². The van der Waals surface area contributed by atoms with Crippen LogP contribution in [0.15, 0.2) is 17.5 Å². The van der Waals surface area contributed by atoms with Crippen LogP contribution in [-0.2, 0) is 4.74 Å². The molecule has 1 spiro atoms. The number of hydrogen-bond acceptors (Lipinski definition) is 4. The molecule has 4 rings (SSSR count). The number of rotatable bonds is 2. The van der Waals surface area contributed by atoms with Crippen molar-refractivity contribution in [2.45, 2.75) is 56.6 Å². The van der Waals surface area contributed by atoms with E-state index in [1.807, 2.05) is 22.4 Å². The zero-order chi connectivity index (χ0) is 16.4. The van der Waals surface area contributed by atoms with Crippen LogP contribution in [0.25, 0.3) is 0 Å². The van der Waals surface area contributed by atoms with E-state index < -0.39 is 0 Å². The van der Waals surface area contributed by atoms with Gasteiger partial charge in [-0.3, -0.25) is 4.79 Å². The molecule has 0 radical (unpaired) electrons. The molecule has 24 heavy (non-hydrogen) atoms. The Morgan fingerprint density at radius 2 is 1.96 bits per heavy atom. The second kappa shape index (κ2) is 7.14. The molecule has 0 N–H and O–H groups in total. The second-order valence-corrected chi connectivity index (χ2v) is 8.49. The molecule has 1 unspecified atom stereocenters. The standard InChI is InChI=1S/C19H28N2O2S/c22-18(17-5-4-14-24-17)21-11-7-19(8-12-21)15-16(6-13-23-19)20-9-2-1-3-10-20/h4-5,14,16H,1-3,6-13,15H2. The molecule has 5 heteroatoms. The Balaban J connectivity index is 1.36. The summed E-state index contributed by atoms with van der Waals surface area (Å²) in [5.74, 6) is 0.197. The Morgan fingerprint density at radius 1 is 1.17 bits per heavy atom. The fourth-order valence-electron chi connectivity index (χ4n) is 4.62. The van der Waals surface area contributed by atoms with Gasteiger partial charge < -0.3 is 14.5 Å². The fourth-order valence-corrected chi connectivity index (χ4v) is 5.31. The smallest absolute Gasteiger partial charge is 0.263 e. The van der Waals surface area contributed by atoms with Gasteiger partial charge >= 0.3 is 0 Å². The summed E-state index contributed by atoms with van der Waals surface area (Å²) < 4.78 is 6.28. The molecular formula is C19H28N2O2S. The van der Waals surface area contributed by atoms with Crippen molar-refractivity contribution in [2.75, 3.05) is 32.8 Å². The minimum absolute atomic E-state index is 0.0204. The van der Waals surface area contributed by atoms with Crippen molar-refractivity contribution in [3.63, 3.8) is 0 Å². The second-order valence-electron chi connectivity index (χ2n) is 7.54. The maximum atomic E-state index is 12.5. The number of carbonyl (C=O) groups excluding carboxylic acids is 1. The van der Waals surface area contributed by atoms with E-state index in [0.29, 0.717) is 6.04 Å². The molecule has 132 valence electrons. The van der Waals surface area contributed by atoms with Gasteiger partial charge in [0.25, 0.3) is 5.91 Å². The number of hydrogen-bond donors (Lipinski definition) is 0. The van der Waals surface area contributed by atoms with Gasteiger partial charge in [0.1, 0.15) is 0 Å². The third-order valence-corrected chi connectivity index (χ3v) is 6.93. The highest BCUT2D eigenvalue weighted by molar-refractivity contribution is 7.12. The zero-order valence-electron chi connectivity index (χ0n) is 14.4. The van der Waals surface area contributed by atoms with Crippen LogP contribution < -0.4 is 0 Å². The lowest BCUT2D eigenvalue weighted by Gasteiger charge is -2.49. The van der Waals surface area contributed by atoms with Gasteiger partial charge in [-0.2, -0.15) is 0 Å². The van der Waals surface area contributed by atoms with E-state index in [1.54, 1.807) is 11.3 Å². The lowest BCUT2D eigenvalue weighted by atomic mass is 9.81. The number of thiophene rings is 1. The first-order valence-corrected chi connectivity index (χ1v) is 10.3. The lowest BCUT2D eigenvalue weighted by Crippen LogP contribution is -2.55. The van der Waals surface area contributed by atoms with Gasteiger partial charge in [0.05, 0.1) is 10.5 Å². The van der Waals surface area contributed by atoms with Crippen LogP contribution in [0.2, 0.25) is 0 Å². The summed E-state index contributed by atoms with van der Waals surface area (Å²) in [4.78, 5) is 18.1. The number of carbonyl (C=O) groups is 1. The Labute approximate surface area is 148 Å². The van der Waals surface area contributed by atoms with Gasteiger partial charge in [0.15, 0.2) is 0 Å². The number of likely N-dealkylation sites (tertiary alicyclic amines) is 2. The van der Waals surface area contributed by atoms with E-state index in [4.69, 9.17) is 4.74 Å². The molecule has 1 amide bonds. The third-order valence-electron chi connectivity index (χ3n) is 6.07. The van der Waals surface area contributed by atoms with E-state index in [1.165, 1.54) is 38.8 Å². The number of amides is 1. The van der Waals surface area contributed by atoms with Gasteiger partial charge in [0, 0.05) is 25.7 Å². The molecule has 4 nitrogen and oxygen atoms in total. The van der Waals surface area contributed by atoms with Crippen molar-refractivity contribution in [1.29, 1.82) is 0 Å². The van der Waals surface area contributed by atoms with Crippen LogP contribution in [0, 0.1) is 0 Å².